The van der Waals surface area contributed by atoms with Crippen molar-refractivity contribution in [1.29, 1.82) is 0 Å². The van der Waals surface area contributed by atoms with Crippen LogP contribution < -0.4 is 9.75 Å². The standard InChI is InChI=1S/C20H22N4O11S3/c1-12-10-16(17(34-3)11-18(12)36(26,27)9-8-35-38(31,32)33)21-22-19-13(2)23-24(20(19)25)14-4-6-15(7-5-14)37(28,29)30/h4-7,10-11,19H,8-9H2,1-3H3,(H,28,29,30)(H,31,32,33)/t19-/m1/s1. The van der Waals surface area contributed by atoms with E-state index in [-0.39, 0.29) is 38.2 Å². The molecular weight excluding hydrogens is 568 g/mol. The van der Waals surface area contributed by atoms with Crippen molar-refractivity contribution in [3.63, 3.8) is 0 Å². The minimum absolute atomic E-state index is 0.00804. The van der Waals surface area contributed by atoms with Gasteiger partial charge in [0, 0.05) is 6.07 Å². The molecule has 0 radical (unpaired) electrons. The molecule has 1 aliphatic rings. The number of hydrogen-bond acceptors (Lipinski definition) is 12. The van der Waals surface area contributed by atoms with Crippen molar-refractivity contribution in [1.82, 2.24) is 0 Å². The van der Waals surface area contributed by atoms with Gasteiger partial charge >= 0.3 is 10.4 Å². The van der Waals surface area contributed by atoms with Crippen LogP contribution in [0.2, 0.25) is 0 Å². The second-order valence-corrected chi connectivity index (χ2v) is 12.4. The predicted molar refractivity (Wildman–Crippen MR) is 132 cm³/mol. The van der Waals surface area contributed by atoms with Gasteiger partial charge < -0.3 is 4.74 Å². The number of hydrogen-bond donors (Lipinski definition) is 2. The Balaban J connectivity index is 1.83. The molecule has 0 aliphatic carbocycles. The van der Waals surface area contributed by atoms with Gasteiger partial charge in [-0.2, -0.15) is 37.2 Å². The largest absolute Gasteiger partial charge is 0.494 e. The molecule has 0 saturated heterocycles. The Labute approximate surface area is 218 Å². The van der Waals surface area contributed by atoms with Crippen molar-refractivity contribution in [2.24, 2.45) is 15.3 Å². The Kier molecular flexibility index (Phi) is 8.34. The Bertz CT molecular complexity index is 1630. The van der Waals surface area contributed by atoms with Crippen LogP contribution in [0, 0.1) is 6.92 Å². The lowest BCUT2D eigenvalue weighted by molar-refractivity contribution is -0.117. The van der Waals surface area contributed by atoms with E-state index < -0.39 is 54.7 Å². The summed E-state index contributed by atoms with van der Waals surface area (Å²) in [4.78, 5) is 12.4. The summed E-state index contributed by atoms with van der Waals surface area (Å²) in [5.74, 6) is -1.35. The fraction of sp³-hybridized carbons (Fsp3) is 0.300. The molecule has 0 saturated carbocycles. The van der Waals surface area contributed by atoms with E-state index >= 15 is 0 Å². The van der Waals surface area contributed by atoms with E-state index in [0.29, 0.717) is 0 Å². The van der Waals surface area contributed by atoms with Crippen molar-refractivity contribution in [2.45, 2.75) is 29.7 Å². The maximum absolute atomic E-state index is 12.9. The highest BCUT2D eigenvalue weighted by Crippen LogP contribution is 2.34. The highest BCUT2D eigenvalue weighted by Gasteiger charge is 2.35. The number of benzene rings is 2. The number of amides is 1. The molecule has 1 heterocycles. The van der Waals surface area contributed by atoms with Gasteiger partial charge in [0.15, 0.2) is 15.9 Å². The third-order valence-corrected chi connectivity index (χ3v) is 8.30. The fourth-order valence-corrected chi connectivity index (χ4v) is 5.58. The average Bonchev–Trinajstić information content (AvgIpc) is 3.09. The molecule has 0 spiro atoms. The Morgan fingerprint density at radius 2 is 1.66 bits per heavy atom. The third-order valence-electron chi connectivity index (χ3n) is 5.15. The van der Waals surface area contributed by atoms with Crippen LogP contribution in [0.3, 0.4) is 0 Å². The summed E-state index contributed by atoms with van der Waals surface area (Å²) in [6, 6.07) is 6.14. The summed E-state index contributed by atoms with van der Waals surface area (Å²) in [5, 5.41) is 13.2. The molecule has 0 aromatic heterocycles. The van der Waals surface area contributed by atoms with Gasteiger partial charge in [-0.25, -0.2) is 12.6 Å². The Morgan fingerprint density at radius 1 is 1.03 bits per heavy atom. The zero-order valence-electron chi connectivity index (χ0n) is 20.0. The number of rotatable bonds is 10. The van der Waals surface area contributed by atoms with Crippen LogP contribution in [0.1, 0.15) is 12.5 Å². The van der Waals surface area contributed by atoms with Crippen molar-refractivity contribution in [2.75, 3.05) is 24.5 Å². The fourth-order valence-electron chi connectivity index (χ4n) is 3.34. The molecular formula is C20H22N4O11S3. The van der Waals surface area contributed by atoms with E-state index in [9.17, 15) is 30.0 Å². The number of aryl methyl sites for hydroxylation is 1. The summed E-state index contributed by atoms with van der Waals surface area (Å²) in [7, 11) is -12.0. The highest BCUT2D eigenvalue weighted by molar-refractivity contribution is 7.91. The highest BCUT2D eigenvalue weighted by atomic mass is 32.3. The van der Waals surface area contributed by atoms with Crippen LogP contribution in [-0.2, 0) is 39.3 Å². The van der Waals surface area contributed by atoms with E-state index in [0.717, 1.165) is 23.2 Å². The topological polar surface area (TPSA) is 219 Å². The van der Waals surface area contributed by atoms with Gasteiger partial charge in [0.25, 0.3) is 16.0 Å². The molecule has 38 heavy (non-hydrogen) atoms. The van der Waals surface area contributed by atoms with Crippen molar-refractivity contribution >= 4 is 53.3 Å². The Morgan fingerprint density at radius 3 is 2.21 bits per heavy atom. The number of ether oxygens (including phenoxy) is 1. The summed E-state index contributed by atoms with van der Waals surface area (Å²) in [5.41, 5.74) is 0.803. The molecule has 0 unspecified atom stereocenters. The first-order chi connectivity index (χ1) is 17.5. The molecule has 1 aliphatic heterocycles. The predicted octanol–water partition coefficient (Wildman–Crippen LogP) is 1.72. The number of carbonyl (C=O) groups is 1. The maximum Gasteiger partial charge on any atom is 0.397 e. The molecule has 18 heteroatoms. The van der Waals surface area contributed by atoms with Crippen LogP contribution in [0.5, 0.6) is 5.75 Å². The van der Waals surface area contributed by atoms with Crippen molar-refractivity contribution in [3.8, 4) is 5.75 Å². The number of anilines is 1. The minimum atomic E-state index is -4.80. The molecule has 15 nitrogen and oxygen atoms in total. The zero-order chi connectivity index (χ0) is 28.5. The normalized spacial score (nSPS) is 16.8. The number of azo groups is 1. The molecule has 1 amide bonds. The van der Waals surface area contributed by atoms with E-state index in [1.165, 1.54) is 39.2 Å². The molecule has 3 rings (SSSR count). The monoisotopic (exact) mass is 590 g/mol. The van der Waals surface area contributed by atoms with Gasteiger partial charge in [-0.05, 0) is 49.7 Å². The Hall–Kier alpha value is -3.29. The third kappa shape index (κ3) is 6.77. The molecule has 2 aromatic rings. The first-order valence-corrected chi connectivity index (χ1v) is 14.9. The second kappa shape index (κ2) is 10.8. The average molecular weight is 591 g/mol. The quantitative estimate of drug-likeness (QED) is 0.300. The van der Waals surface area contributed by atoms with Gasteiger partial charge in [0.05, 0.1) is 40.7 Å². The van der Waals surface area contributed by atoms with Gasteiger partial charge in [0.1, 0.15) is 11.4 Å². The molecule has 2 N–H and O–H groups in total. The smallest absolute Gasteiger partial charge is 0.397 e. The van der Waals surface area contributed by atoms with Gasteiger partial charge in [-0.3, -0.25) is 13.9 Å². The number of methoxy groups -OCH3 is 1. The van der Waals surface area contributed by atoms with Crippen LogP contribution >= 0.6 is 0 Å². The molecule has 2 aromatic carbocycles. The van der Waals surface area contributed by atoms with Crippen molar-refractivity contribution in [3.05, 3.63) is 42.0 Å². The molecule has 0 bridgehead atoms. The lowest BCUT2D eigenvalue weighted by Crippen LogP contribution is -2.29. The first-order valence-electron chi connectivity index (χ1n) is 10.4. The maximum atomic E-state index is 12.9. The van der Waals surface area contributed by atoms with E-state index in [4.69, 9.17) is 13.8 Å². The van der Waals surface area contributed by atoms with Crippen LogP contribution in [0.15, 0.2) is 61.5 Å². The number of nitrogens with zero attached hydrogens (tertiary/aromatic N) is 4. The zero-order valence-corrected chi connectivity index (χ0v) is 22.5. The van der Waals surface area contributed by atoms with Gasteiger partial charge in [-0.1, -0.05) is 0 Å². The minimum Gasteiger partial charge on any atom is -0.494 e. The van der Waals surface area contributed by atoms with Gasteiger partial charge in [0.2, 0.25) is 0 Å². The molecule has 1 atom stereocenters. The van der Waals surface area contributed by atoms with Gasteiger partial charge in [-0.15, -0.1) is 0 Å². The first kappa shape index (κ1) is 29.3. The van der Waals surface area contributed by atoms with Crippen molar-refractivity contribution < 1.29 is 48.1 Å². The lowest BCUT2D eigenvalue weighted by Gasteiger charge is -2.13. The number of carbonyl (C=O) groups excluding carboxylic acids is 1. The number of sulfone groups is 1. The van der Waals surface area contributed by atoms with Crippen LogP contribution in [0.25, 0.3) is 0 Å². The summed E-state index contributed by atoms with van der Waals surface area (Å²) < 4.78 is 96.1. The van der Waals surface area contributed by atoms with E-state index in [2.05, 4.69) is 19.5 Å². The summed E-state index contributed by atoms with van der Waals surface area (Å²) in [6.07, 6.45) is 0. The van der Waals surface area contributed by atoms with Crippen LogP contribution in [-0.4, -0.2) is 71.5 Å². The summed E-state index contributed by atoms with van der Waals surface area (Å²) in [6.45, 7) is 2.18. The van der Waals surface area contributed by atoms with E-state index in [1.54, 1.807) is 0 Å². The molecule has 206 valence electrons. The summed E-state index contributed by atoms with van der Waals surface area (Å²) >= 11 is 0. The molecule has 0 fully saturated rings. The second-order valence-electron chi connectivity index (χ2n) is 7.84. The SMILES string of the molecule is COc1cc(S(=O)(=O)CCOS(=O)(=O)O)c(C)cc1N=N[C@H]1C(=O)N(c2ccc(S(=O)(=O)O)cc2)N=C1C. The number of hydrazone groups is 1. The van der Waals surface area contributed by atoms with Crippen LogP contribution in [0.4, 0.5) is 11.4 Å². The van der Waals surface area contributed by atoms with E-state index in [1.807, 2.05) is 0 Å². The lowest BCUT2D eigenvalue weighted by atomic mass is 10.2.